The Labute approximate surface area is 192 Å². The molecule has 1 aromatic heterocycles. The number of aromatic amines is 1. The second-order valence-corrected chi connectivity index (χ2v) is 8.57. The van der Waals surface area contributed by atoms with Crippen LogP contribution in [0.15, 0.2) is 48.7 Å². The Morgan fingerprint density at radius 2 is 1.91 bits per heavy atom. The van der Waals surface area contributed by atoms with Crippen molar-refractivity contribution in [2.75, 3.05) is 26.5 Å². The Kier molecular flexibility index (Phi) is 5.94. The standard InChI is InChI=1S/C26H28N2O5/c1-2-31-26(30)17-9-11-28(12-10-17)25(29)14-20(18-7-8-23-24(13-18)33-16-32-23)21-15-27-22-6-4-3-5-19(21)22/h3-8,13,15,17,20,27H,2,9-12,14,16H2,1H3. The number of likely N-dealkylation sites (tertiary alicyclic amines) is 1. The summed E-state index contributed by atoms with van der Waals surface area (Å²) in [6.07, 6.45) is 3.63. The number of nitrogens with zero attached hydrogens (tertiary/aromatic N) is 1. The number of aromatic nitrogens is 1. The maximum absolute atomic E-state index is 13.4. The molecule has 33 heavy (non-hydrogen) atoms. The summed E-state index contributed by atoms with van der Waals surface area (Å²) in [5, 5.41) is 1.11. The number of ether oxygens (including phenoxy) is 3. The SMILES string of the molecule is CCOC(=O)C1CCN(C(=O)CC(c2ccc3c(c2)OCO3)c2c[nH]c3ccccc23)CC1. The lowest BCUT2D eigenvalue weighted by atomic mass is 9.87. The van der Waals surface area contributed by atoms with Crippen LogP contribution in [0.25, 0.3) is 10.9 Å². The first-order chi connectivity index (χ1) is 16.1. The largest absolute Gasteiger partial charge is 0.466 e. The molecular formula is C26H28N2O5. The molecule has 3 aromatic rings. The number of hydrogen-bond donors (Lipinski definition) is 1. The van der Waals surface area contributed by atoms with Gasteiger partial charge in [0, 0.05) is 42.5 Å². The zero-order valence-corrected chi connectivity index (χ0v) is 18.7. The molecule has 7 heteroatoms. The minimum atomic E-state index is -0.151. The van der Waals surface area contributed by atoms with E-state index in [1.54, 1.807) is 0 Å². The van der Waals surface area contributed by atoms with Crippen LogP contribution in [0.2, 0.25) is 0 Å². The van der Waals surface area contributed by atoms with Crippen molar-refractivity contribution in [3.63, 3.8) is 0 Å². The van der Waals surface area contributed by atoms with Crippen molar-refractivity contribution < 1.29 is 23.8 Å². The first-order valence-corrected chi connectivity index (χ1v) is 11.5. The van der Waals surface area contributed by atoms with E-state index in [1.807, 2.05) is 54.4 Å². The number of H-pyrrole nitrogens is 1. The molecule has 0 spiro atoms. The highest BCUT2D eigenvalue weighted by Crippen LogP contribution is 2.40. The van der Waals surface area contributed by atoms with Gasteiger partial charge in [0.25, 0.3) is 0 Å². The lowest BCUT2D eigenvalue weighted by Gasteiger charge is -2.32. The normalized spacial score (nSPS) is 16.7. The lowest BCUT2D eigenvalue weighted by molar-refractivity contribution is -0.151. The Balaban J connectivity index is 1.39. The molecule has 3 heterocycles. The summed E-state index contributed by atoms with van der Waals surface area (Å²) in [4.78, 5) is 30.7. The van der Waals surface area contributed by atoms with Crippen LogP contribution in [0.4, 0.5) is 0 Å². The lowest BCUT2D eigenvalue weighted by Crippen LogP contribution is -2.41. The quantitative estimate of drug-likeness (QED) is 0.571. The summed E-state index contributed by atoms with van der Waals surface area (Å²) in [7, 11) is 0. The number of nitrogens with one attached hydrogen (secondary N) is 1. The number of carbonyl (C=O) groups excluding carboxylic acids is 2. The number of carbonyl (C=O) groups is 2. The number of esters is 1. The molecule has 2 aliphatic rings. The van der Waals surface area contributed by atoms with Crippen LogP contribution in [0.5, 0.6) is 11.5 Å². The molecule has 5 rings (SSSR count). The molecule has 1 amide bonds. The van der Waals surface area contributed by atoms with E-state index in [0.717, 1.165) is 27.8 Å². The van der Waals surface area contributed by atoms with Crippen LogP contribution in [0.1, 0.15) is 43.2 Å². The molecule has 7 nitrogen and oxygen atoms in total. The minimum absolute atomic E-state index is 0.0882. The molecule has 0 bridgehead atoms. The van der Waals surface area contributed by atoms with Crippen molar-refractivity contribution in [2.45, 2.75) is 32.1 Å². The van der Waals surface area contributed by atoms with Gasteiger partial charge in [-0.1, -0.05) is 24.3 Å². The van der Waals surface area contributed by atoms with Gasteiger partial charge in [-0.25, -0.2) is 0 Å². The summed E-state index contributed by atoms with van der Waals surface area (Å²) < 4.78 is 16.2. The van der Waals surface area contributed by atoms with E-state index in [1.165, 1.54) is 0 Å². The molecule has 1 fully saturated rings. The zero-order valence-electron chi connectivity index (χ0n) is 18.7. The molecule has 1 atom stereocenters. The maximum Gasteiger partial charge on any atom is 0.309 e. The van der Waals surface area contributed by atoms with Gasteiger partial charge in [0.05, 0.1) is 12.5 Å². The third-order valence-corrected chi connectivity index (χ3v) is 6.64. The van der Waals surface area contributed by atoms with Gasteiger partial charge >= 0.3 is 5.97 Å². The van der Waals surface area contributed by atoms with Gasteiger partial charge in [0.15, 0.2) is 11.5 Å². The van der Waals surface area contributed by atoms with Gasteiger partial charge in [0.2, 0.25) is 12.7 Å². The third-order valence-electron chi connectivity index (χ3n) is 6.64. The molecule has 0 radical (unpaired) electrons. The predicted molar refractivity (Wildman–Crippen MR) is 123 cm³/mol. The van der Waals surface area contributed by atoms with Crippen molar-refractivity contribution in [3.8, 4) is 11.5 Å². The molecule has 0 aliphatic carbocycles. The van der Waals surface area contributed by atoms with E-state index in [9.17, 15) is 9.59 Å². The highest BCUT2D eigenvalue weighted by Gasteiger charge is 2.31. The smallest absolute Gasteiger partial charge is 0.309 e. The fraction of sp³-hybridized carbons (Fsp3) is 0.385. The highest BCUT2D eigenvalue weighted by atomic mass is 16.7. The average molecular weight is 449 g/mol. The number of hydrogen-bond acceptors (Lipinski definition) is 5. The number of rotatable bonds is 6. The van der Waals surface area contributed by atoms with Crippen molar-refractivity contribution >= 4 is 22.8 Å². The summed E-state index contributed by atoms with van der Waals surface area (Å²) in [6.45, 7) is 3.57. The molecule has 2 aromatic carbocycles. The highest BCUT2D eigenvalue weighted by molar-refractivity contribution is 5.86. The van der Waals surface area contributed by atoms with E-state index in [0.29, 0.717) is 44.7 Å². The fourth-order valence-electron chi connectivity index (χ4n) is 4.85. The summed E-state index contributed by atoms with van der Waals surface area (Å²) >= 11 is 0. The molecule has 2 aliphatic heterocycles. The van der Waals surface area contributed by atoms with Gasteiger partial charge in [0.1, 0.15) is 0 Å². The number of piperidine rings is 1. The van der Waals surface area contributed by atoms with E-state index in [2.05, 4.69) is 11.1 Å². The second-order valence-electron chi connectivity index (χ2n) is 8.57. The first kappa shape index (κ1) is 21.4. The summed E-state index contributed by atoms with van der Waals surface area (Å²) in [5.41, 5.74) is 3.14. The molecule has 172 valence electrons. The van der Waals surface area contributed by atoms with Gasteiger partial charge in [-0.3, -0.25) is 9.59 Å². The number of benzene rings is 2. The van der Waals surface area contributed by atoms with Crippen molar-refractivity contribution in [2.24, 2.45) is 5.92 Å². The van der Waals surface area contributed by atoms with E-state index in [-0.39, 0.29) is 30.5 Å². The van der Waals surface area contributed by atoms with Gasteiger partial charge in [-0.05, 0) is 49.1 Å². The number of para-hydroxylation sites is 1. The van der Waals surface area contributed by atoms with Crippen molar-refractivity contribution in [1.82, 2.24) is 9.88 Å². The summed E-state index contributed by atoms with van der Waals surface area (Å²) in [6, 6.07) is 14.0. The van der Waals surface area contributed by atoms with Gasteiger partial charge in [-0.15, -0.1) is 0 Å². The first-order valence-electron chi connectivity index (χ1n) is 11.5. The van der Waals surface area contributed by atoms with Crippen LogP contribution in [-0.4, -0.2) is 48.2 Å². The average Bonchev–Trinajstić information content (AvgIpc) is 3.49. The Bertz CT molecular complexity index is 1160. The van der Waals surface area contributed by atoms with Crippen molar-refractivity contribution in [1.29, 1.82) is 0 Å². The Morgan fingerprint density at radius 3 is 2.73 bits per heavy atom. The third kappa shape index (κ3) is 4.27. The van der Waals surface area contributed by atoms with Crippen molar-refractivity contribution in [3.05, 3.63) is 59.8 Å². The monoisotopic (exact) mass is 448 g/mol. The van der Waals surface area contributed by atoms with Gasteiger partial charge in [-0.2, -0.15) is 0 Å². The number of amides is 1. The van der Waals surface area contributed by atoms with Crippen LogP contribution < -0.4 is 9.47 Å². The molecular weight excluding hydrogens is 420 g/mol. The van der Waals surface area contributed by atoms with E-state index < -0.39 is 0 Å². The second kappa shape index (κ2) is 9.17. The molecule has 1 N–H and O–H groups in total. The summed E-state index contributed by atoms with van der Waals surface area (Å²) in [5.74, 6) is 1.12. The topological polar surface area (TPSA) is 80.9 Å². The molecule has 1 unspecified atom stereocenters. The minimum Gasteiger partial charge on any atom is -0.466 e. The molecule has 0 saturated carbocycles. The Hall–Kier alpha value is -3.48. The van der Waals surface area contributed by atoms with Crippen LogP contribution in [0, 0.1) is 5.92 Å². The zero-order chi connectivity index (χ0) is 22.8. The number of fused-ring (bicyclic) bond motifs is 2. The van der Waals surface area contributed by atoms with E-state index >= 15 is 0 Å². The predicted octanol–water partition coefficient (Wildman–Crippen LogP) is 4.22. The van der Waals surface area contributed by atoms with Crippen LogP contribution in [-0.2, 0) is 14.3 Å². The van der Waals surface area contributed by atoms with Crippen LogP contribution >= 0.6 is 0 Å². The Morgan fingerprint density at radius 1 is 1.12 bits per heavy atom. The van der Waals surface area contributed by atoms with Crippen LogP contribution in [0.3, 0.4) is 0 Å². The maximum atomic E-state index is 13.4. The fourth-order valence-corrected chi connectivity index (χ4v) is 4.85. The van der Waals surface area contributed by atoms with Gasteiger partial charge < -0.3 is 24.1 Å². The van der Waals surface area contributed by atoms with E-state index in [4.69, 9.17) is 14.2 Å². The molecule has 1 saturated heterocycles.